The molecule has 3 aromatic rings. The Labute approximate surface area is 206 Å². The van der Waals surface area contributed by atoms with Crippen LogP contribution in [0, 0.1) is 0 Å². The Morgan fingerprint density at radius 2 is 1.91 bits per heavy atom. The Kier molecular flexibility index (Phi) is 10.2. The van der Waals surface area contributed by atoms with Crippen molar-refractivity contribution in [1.29, 1.82) is 0 Å². The second-order valence-electron chi connectivity index (χ2n) is 7.53. The smallest absolute Gasteiger partial charge is 0.243 e. The number of benzene rings is 2. The van der Waals surface area contributed by atoms with Gasteiger partial charge in [0.25, 0.3) is 0 Å². The zero-order valence-corrected chi connectivity index (χ0v) is 21.1. The van der Waals surface area contributed by atoms with Gasteiger partial charge < -0.3 is 15.5 Å². The van der Waals surface area contributed by atoms with Crippen molar-refractivity contribution in [3.63, 3.8) is 0 Å². The van der Waals surface area contributed by atoms with Crippen LogP contribution < -0.4 is 10.6 Å². The summed E-state index contributed by atoms with van der Waals surface area (Å²) in [4.78, 5) is 18.1. The van der Waals surface area contributed by atoms with E-state index in [1.807, 2.05) is 47.3 Å². The Bertz CT molecular complexity index is 989. The quantitative estimate of drug-likeness (QED) is 0.258. The van der Waals surface area contributed by atoms with Gasteiger partial charge in [-0.25, -0.2) is 9.67 Å². The number of likely N-dealkylation sites (N-methyl/N-ethyl adjacent to an activating group) is 1. The third-order valence-electron chi connectivity index (χ3n) is 4.91. The van der Waals surface area contributed by atoms with Gasteiger partial charge in [0, 0.05) is 33.0 Å². The van der Waals surface area contributed by atoms with Gasteiger partial charge in [-0.05, 0) is 42.7 Å². The van der Waals surface area contributed by atoms with E-state index in [4.69, 9.17) is 0 Å². The molecular formula is C24H31IN6O. The van der Waals surface area contributed by atoms with Gasteiger partial charge in [0.05, 0.1) is 11.7 Å². The molecule has 0 saturated carbocycles. The van der Waals surface area contributed by atoms with Crippen LogP contribution in [0.15, 0.2) is 78.0 Å². The van der Waals surface area contributed by atoms with Crippen molar-refractivity contribution in [3.8, 4) is 5.69 Å². The van der Waals surface area contributed by atoms with Gasteiger partial charge in [0.2, 0.25) is 5.91 Å². The first-order valence-electron chi connectivity index (χ1n) is 10.4. The molecular weight excluding hydrogens is 515 g/mol. The first kappa shape index (κ1) is 25.4. The molecule has 2 aromatic carbocycles. The van der Waals surface area contributed by atoms with Crippen LogP contribution in [0.1, 0.15) is 24.1 Å². The number of guanidine groups is 1. The highest BCUT2D eigenvalue weighted by Gasteiger charge is 2.11. The van der Waals surface area contributed by atoms with Gasteiger partial charge in [0.1, 0.15) is 6.54 Å². The zero-order chi connectivity index (χ0) is 22.1. The molecule has 32 heavy (non-hydrogen) atoms. The molecule has 0 aliphatic rings. The highest BCUT2D eigenvalue weighted by atomic mass is 127. The summed E-state index contributed by atoms with van der Waals surface area (Å²) in [5, 5.41) is 11.1. The molecule has 0 saturated heterocycles. The number of amides is 1. The summed E-state index contributed by atoms with van der Waals surface area (Å²) in [6, 6.07) is 20.4. The fourth-order valence-electron chi connectivity index (χ4n) is 3.06. The average molecular weight is 546 g/mol. The monoisotopic (exact) mass is 546 g/mol. The average Bonchev–Trinajstić information content (AvgIpc) is 3.33. The lowest BCUT2D eigenvalue weighted by Crippen LogP contribution is -2.40. The van der Waals surface area contributed by atoms with Crippen molar-refractivity contribution in [2.75, 3.05) is 27.2 Å². The minimum absolute atomic E-state index is 0. The number of nitrogens with zero attached hydrogens (tertiary/aromatic N) is 4. The molecule has 1 aromatic heterocycles. The number of hydrogen-bond acceptors (Lipinski definition) is 3. The molecule has 1 unspecified atom stereocenters. The van der Waals surface area contributed by atoms with Crippen molar-refractivity contribution in [2.24, 2.45) is 4.99 Å². The second kappa shape index (κ2) is 12.8. The maximum absolute atomic E-state index is 12.0. The molecule has 7 nitrogen and oxygen atoms in total. The van der Waals surface area contributed by atoms with E-state index in [0.717, 1.165) is 17.7 Å². The van der Waals surface area contributed by atoms with Gasteiger partial charge >= 0.3 is 0 Å². The first-order valence-corrected chi connectivity index (χ1v) is 10.4. The van der Waals surface area contributed by atoms with Gasteiger partial charge in [-0.3, -0.25) is 4.79 Å². The van der Waals surface area contributed by atoms with E-state index in [1.165, 1.54) is 5.56 Å². The van der Waals surface area contributed by atoms with Crippen LogP contribution in [-0.2, 0) is 11.2 Å². The van der Waals surface area contributed by atoms with Crippen LogP contribution in [0.5, 0.6) is 0 Å². The Hall–Kier alpha value is -2.88. The molecule has 3 rings (SSSR count). The van der Waals surface area contributed by atoms with E-state index < -0.39 is 0 Å². The number of carbonyl (C=O) groups is 1. The molecule has 0 radical (unpaired) electrons. The highest BCUT2D eigenvalue weighted by molar-refractivity contribution is 14.0. The number of aromatic nitrogens is 2. The van der Waals surface area contributed by atoms with Crippen molar-refractivity contribution >= 4 is 35.8 Å². The lowest BCUT2D eigenvalue weighted by atomic mass is 10.1. The Morgan fingerprint density at radius 3 is 2.59 bits per heavy atom. The van der Waals surface area contributed by atoms with Gasteiger partial charge in [0.15, 0.2) is 5.96 Å². The summed E-state index contributed by atoms with van der Waals surface area (Å²) in [5.41, 5.74) is 3.35. The Balaban J connectivity index is 0.00000363. The van der Waals surface area contributed by atoms with Crippen LogP contribution in [0.25, 0.3) is 5.69 Å². The number of nitrogens with one attached hydrogen (secondary N) is 2. The summed E-state index contributed by atoms with van der Waals surface area (Å²) in [5.74, 6) is 0.570. The summed E-state index contributed by atoms with van der Waals surface area (Å²) in [6.45, 7) is 2.88. The van der Waals surface area contributed by atoms with Crippen LogP contribution in [0.4, 0.5) is 0 Å². The topological polar surface area (TPSA) is 74.6 Å². The molecule has 1 amide bonds. The lowest BCUT2D eigenvalue weighted by molar-refractivity contribution is -0.127. The maximum atomic E-state index is 12.0. The van der Waals surface area contributed by atoms with E-state index >= 15 is 0 Å². The van der Waals surface area contributed by atoms with Gasteiger partial charge in [-0.15, -0.1) is 24.0 Å². The van der Waals surface area contributed by atoms with E-state index in [2.05, 4.69) is 51.9 Å². The molecule has 2 N–H and O–H groups in total. The summed E-state index contributed by atoms with van der Waals surface area (Å²) in [7, 11) is 3.47. The van der Waals surface area contributed by atoms with E-state index in [-0.39, 0.29) is 42.5 Å². The Morgan fingerprint density at radius 1 is 1.12 bits per heavy atom. The minimum Gasteiger partial charge on any atom is -0.356 e. The molecule has 0 aliphatic heterocycles. The van der Waals surface area contributed by atoms with E-state index in [9.17, 15) is 4.79 Å². The molecule has 0 fully saturated rings. The molecule has 8 heteroatoms. The predicted octanol–water partition coefficient (Wildman–Crippen LogP) is 3.42. The second-order valence-corrected chi connectivity index (χ2v) is 7.53. The summed E-state index contributed by atoms with van der Waals surface area (Å²) < 4.78 is 1.83. The third kappa shape index (κ3) is 7.67. The van der Waals surface area contributed by atoms with Crippen molar-refractivity contribution < 1.29 is 4.79 Å². The SMILES string of the molecule is CC(NC(=NCC(=O)N(C)C)NCCc1ccccc1)c1cccc(-n2cccn2)c1.I. The first-order chi connectivity index (χ1) is 15.0. The molecule has 1 atom stereocenters. The van der Waals surface area contributed by atoms with E-state index in [0.29, 0.717) is 12.5 Å². The minimum atomic E-state index is -0.0440. The van der Waals surface area contributed by atoms with Crippen molar-refractivity contribution in [1.82, 2.24) is 25.3 Å². The fraction of sp³-hybridized carbons (Fsp3) is 0.292. The van der Waals surface area contributed by atoms with Crippen LogP contribution in [0.2, 0.25) is 0 Å². The molecule has 0 spiro atoms. The standard InChI is InChI=1S/C24H30N6O.HI/c1-19(21-11-7-12-22(17-21)30-16-8-14-27-30)28-24(26-18-23(31)29(2)3)25-15-13-20-9-5-4-6-10-20;/h4-12,14,16-17,19H,13,15,18H2,1-3H3,(H2,25,26,28);1H. The van der Waals surface area contributed by atoms with Crippen LogP contribution in [-0.4, -0.2) is 53.7 Å². The molecule has 0 aliphatic carbocycles. The number of halogens is 1. The van der Waals surface area contributed by atoms with Gasteiger partial charge in [-0.2, -0.15) is 5.10 Å². The number of hydrogen-bond donors (Lipinski definition) is 2. The highest BCUT2D eigenvalue weighted by Crippen LogP contribution is 2.16. The number of rotatable bonds is 8. The van der Waals surface area contributed by atoms with Gasteiger partial charge in [-0.1, -0.05) is 42.5 Å². The number of aliphatic imine (C=N–C) groups is 1. The largest absolute Gasteiger partial charge is 0.356 e. The van der Waals surface area contributed by atoms with Crippen molar-refractivity contribution in [2.45, 2.75) is 19.4 Å². The lowest BCUT2D eigenvalue weighted by Gasteiger charge is -2.20. The molecule has 0 bridgehead atoms. The predicted molar refractivity (Wildman–Crippen MR) is 140 cm³/mol. The molecule has 1 heterocycles. The van der Waals surface area contributed by atoms with Crippen LogP contribution >= 0.6 is 24.0 Å². The zero-order valence-electron chi connectivity index (χ0n) is 18.7. The number of carbonyl (C=O) groups excluding carboxylic acids is 1. The summed E-state index contributed by atoms with van der Waals surface area (Å²) in [6.07, 6.45) is 4.55. The van der Waals surface area contributed by atoms with E-state index in [1.54, 1.807) is 25.2 Å². The third-order valence-corrected chi connectivity index (χ3v) is 4.91. The maximum Gasteiger partial charge on any atom is 0.243 e. The summed E-state index contributed by atoms with van der Waals surface area (Å²) >= 11 is 0. The van der Waals surface area contributed by atoms with Crippen LogP contribution in [0.3, 0.4) is 0 Å². The molecule has 170 valence electrons. The van der Waals surface area contributed by atoms with Crippen molar-refractivity contribution in [3.05, 3.63) is 84.2 Å². The normalized spacial score (nSPS) is 11.9. The fourth-order valence-corrected chi connectivity index (χ4v) is 3.06.